The number of rotatable bonds is 4. The lowest BCUT2D eigenvalue weighted by Crippen LogP contribution is -2.55. The number of aliphatic hydroxyl groups is 1. The van der Waals surface area contributed by atoms with Gasteiger partial charge in [0.05, 0.1) is 18.5 Å². The van der Waals surface area contributed by atoms with Crippen LogP contribution in [0.1, 0.15) is 25.5 Å². The summed E-state index contributed by atoms with van der Waals surface area (Å²) in [5.74, 6) is -1.11. The molecule has 2 amide bonds. The Morgan fingerprint density at radius 1 is 1.62 bits per heavy atom. The molecule has 8 nitrogen and oxygen atoms in total. The smallest absolute Gasteiger partial charge is 0.326 e. The number of urea groups is 1. The molecule has 1 aliphatic rings. The molecule has 0 saturated carbocycles. The number of aliphatic carboxylic acids is 1. The number of carboxylic acid groups (broad SMARTS) is 1. The predicted octanol–water partition coefficient (Wildman–Crippen LogP) is -0.0382. The van der Waals surface area contributed by atoms with Gasteiger partial charge < -0.3 is 25.4 Å². The summed E-state index contributed by atoms with van der Waals surface area (Å²) < 4.78 is 0. The number of piperidine rings is 1. The minimum atomic E-state index is -1.11. The van der Waals surface area contributed by atoms with Crippen LogP contribution in [0.15, 0.2) is 12.5 Å². The highest BCUT2D eigenvalue weighted by atomic mass is 16.4. The first-order valence-electron chi connectivity index (χ1n) is 6.85. The standard InChI is InChI=1S/C13H20N4O4/c1-13(21)3-2-4-17(7-13)12(20)16-10(11(18)19)5-9-6-14-8-15-9/h6,8,10,21H,2-5,7H2,1H3,(H,14,15)(H,16,20)(H,18,19). The molecule has 0 aliphatic carbocycles. The van der Waals surface area contributed by atoms with Crippen molar-refractivity contribution in [3.05, 3.63) is 18.2 Å². The summed E-state index contributed by atoms with van der Waals surface area (Å²) in [6, 6.07) is -1.51. The number of aromatic amines is 1. The first-order valence-corrected chi connectivity index (χ1v) is 6.85. The van der Waals surface area contributed by atoms with Gasteiger partial charge in [-0.1, -0.05) is 0 Å². The number of carbonyl (C=O) groups is 2. The maximum absolute atomic E-state index is 12.1. The summed E-state index contributed by atoms with van der Waals surface area (Å²) >= 11 is 0. The van der Waals surface area contributed by atoms with Gasteiger partial charge in [-0.2, -0.15) is 0 Å². The molecule has 1 aromatic heterocycles. The Bertz CT molecular complexity index is 500. The fourth-order valence-corrected chi connectivity index (χ4v) is 2.45. The van der Waals surface area contributed by atoms with Crippen LogP contribution in [0.3, 0.4) is 0 Å². The first-order chi connectivity index (χ1) is 9.87. The van der Waals surface area contributed by atoms with E-state index in [1.807, 2.05) is 0 Å². The van der Waals surface area contributed by atoms with Crippen molar-refractivity contribution < 1.29 is 19.8 Å². The van der Waals surface area contributed by atoms with Gasteiger partial charge in [-0.25, -0.2) is 14.6 Å². The van der Waals surface area contributed by atoms with Crippen molar-refractivity contribution >= 4 is 12.0 Å². The second-order valence-electron chi connectivity index (χ2n) is 5.64. The summed E-state index contributed by atoms with van der Waals surface area (Å²) in [6.07, 6.45) is 4.43. The topological polar surface area (TPSA) is 119 Å². The Morgan fingerprint density at radius 2 is 2.38 bits per heavy atom. The van der Waals surface area contributed by atoms with Gasteiger partial charge in [-0.3, -0.25) is 0 Å². The maximum atomic E-state index is 12.1. The number of hydrogen-bond acceptors (Lipinski definition) is 4. The van der Waals surface area contributed by atoms with Crippen molar-refractivity contribution in [3.63, 3.8) is 0 Å². The zero-order valence-corrected chi connectivity index (χ0v) is 11.9. The zero-order chi connectivity index (χ0) is 15.5. The van der Waals surface area contributed by atoms with E-state index in [9.17, 15) is 19.8 Å². The van der Waals surface area contributed by atoms with E-state index in [-0.39, 0.29) is 13.0 Å². The largest absolute Gasteiger partial charge is 0.480 e. The Balaban J connectivity index is 1.96. The number of imidazole rings is 1. The highest BCUT2D eigenvalue weighted by molar-refractivity contribution is 5.82. The minimum Gasteiger partial charge on any atom is -0.480 e. The predicted molar refractivity (Wildman–Crippen MR) is 73.7 cm³/mol. The molecule has 2 rings (SSSR count). The molecule has 2 heterocycles. The van der Waals surface area contributed by atoms with Crippen molar-refractivity contribution in [2.75, 3.05) is 13.1 Å². The summed E-state index contributed by atoms with van der Waals surface area (Å²) in [6.45, 7) is 2.39. The quantitative estimate of drug-likeness (QED) is 0.622. The Hall–Kier alpha value is -2.09. The van der Waals surface area contributed by atoms with E-state index in [4.69, 9.17) is 0 Å². The van der Waals surface area contributed by atoms with Crippen LogP contribution in [-0.4, -0.2) is 61.8 Å². The van der Waals surface area contributed by atoms with Gasteiger partial charge in [0.25, 0.3) is 0 Å². The molecular formula is C13H20N4O4. The van der Waals surface area contributed by atoms with Gasteiger partial charge in [0.2, 0.25) is 0 Å². The summed E-state index contributed by atoms with van der Waals surface area (Å²) in [7, 11) is 0. The van der Waals surface area contributed by atoms with E-state index in [0.29, 0.717) is 25.1 Å². The Kier molecular flexibility index (Phi) is 4.46. The number of amides is 2. The number of aromatic nitrogens is 2. The van der Waals surface area contributed by atoms with Crippen molar-refractivity contribution in [1.82, 2.24) is 20.2 Å². The second-order valence-corrected chi connectivity index (χ2v) is 5.64. The Morgan fingerprint density at radius 3 is 2.95 bits per heavy atom. The number of nitrogens with zero attached hydrogens (tertiary/aromatic N) is 2. The molecule has 8 heteroatoms. The average Bonchev–Trinajstić information content (AvgIpc) is 2.89. The van der Waals surface area contributed by atoms with Crippen LogP contribution in [0, 0.1) is 0 Å². The van der Waals surface area contributed by atoms with E-state index >= 15 is 0 Å². The third-order valence-corrected chi connectivity index (χ3v) is 3.54. The minimum absolute atomic E-state index is 0.130. The molecular weight excluding hydrogens is 276 g/mol. The molecule has 21 heavy (non-hydrogen) atoms. The third-order valence-electron chi connectivity index (χ3n) is 3.54. The van der Waals surface area contributed by atoms with Gasteiger partial charge in [-0.15, -0.1) is 0 Å². The molecule has 0 bridgehead atoms. The van der Waals surface area contributed by atoms with Crippen molar-refractivity contribution in [2.24, 2.45) is 0 Å². The fourth-order valence-electron chi connectivity index (χ4n) is 2.45. The molecule has 1 aliphatic heterocycles. The van der Waals surface area contributed by atoms with Crippen LogP contribution >= 0.6 is 0 Å². The number of β-amino-alcohol motifs (C(OH)–C–C–N with tert-alkyl or cyclic N) is 1. The van der Waals surface area contributed by atoms with Crippen LogP contribution < -0.4 is 5.32 Å². The number of hydrogen-bond donors (Lipinski definition) is 4. The average molecular weight is 296 g/mol. The molecule has 0 aromatic carbocycles. The van der Waals surface area contributed by atoms with Crippen LogP contribution in [0.25, 0.3) is 0 Å². The van der Waals surface area contributed by atoms with E-state index in [1.54, 1.807) is 6.92 Å². The van der Waals surface area contributed by atoms with Gasteiger partial charge in [-0.05, 0) is 19.8 Å². The fraction of sp³-hybridized carbons (Fsp3) is 0.615. The number of carbonyl (C=O) groups excluding carboxylic acids is 1. The van der Waals surface area contributed by atoms with Crippen molar-refractivity contribution in [1.29, 1.82) is 0 Å². The highest BCUT2D eigenvalue weighted by Crippen LogP contribution is 2.20. The monoisotopic (exact) mass is 296 g/mol. The van der Waals surface area contributed by atoms with Gasteiger partial charge in [0.1, 0.15) is 6.04 Å². The zero-order valence-electron chi connectivity index (χ0n) is 11.9. The van der Waals surface area contributed by atoms with Gasteiger partial charge >= 0.3 is 12.0 Å². The number of carboxylic acids is 1. The lowest BCUT2D eigenvalue weighted by Gasteiger charge is -2.37. The maximum Gasteiger partial charge on any atom is 0.326 e. The van der Waals surface area contributed by atoms with Crippen LogP contribution in [0.4, 0.5) is 4.79 Å². The van der Waals surface area contributed by atoms with E-state index < -0.39 is 23.6 Å². The molecule has 2 atom stereocenters. The second kappa shape index (κ2) is 6.13. The highest BCUT2D eigenvalue weighted by Gasteiger charge is 2.32. The van der Waals surface area contributed by atoms with Gasteiger partial charge in [0.15, 0.2) is 0 Å². The van der Waals surface area contributed by atoms with E-state index in [2.05, 4.69) is 15.3 Å². The molecule has 4 N–H and O–H groups in total. The van der Waals surface area contributed by atoms with E-state index in [0.717, 1.165) is 0 Å². The number of nitrogens with one attached hydrogen (secondary N) is 2. The lowest BCUT2D eigenvalue weighted by molar-refractivity contribution is -0.139. The molecule has 0 spiro atoms. The van der Waals surface area contributed by atoms with Crippen molar-refractivity contribution in [2.45, 2.75) is 37.8 Å². The third kappa shape index (κ3) is 4.19. The summed E-state index contributed by atoms with van der Waals surface area (Å²) in [5, 5.41) is 21.7. The molecule has 1 fully saturated rings. The number of H-pyrrole nitrogens is 1. The summed E-state index contributed by atoms with van der Waals surface area (Å²) in [4.78, 5) is 31.5. The van der Waals surface area contributed by atoms with Gasteiger partial charge in [0, 0.05) is 24.9 Å². The summed E-state index contributed by atoms with van der Waals surface area (Å²) in [5.41, 5.74) is -0.286. The Labute approximate surface area is 122 Å². The SMILES string of the molecule is CC1(O)CCCN(C(=O)NC(Cc2cnc[nH]2)C(=O)O)C1. The number of likely N-dealkylation sites (tertiary alicyclic amines) is 1. The van der Waals surface area contributed by atoms with Crippen LogP contribution in [-0.2, 0) is 11.2 Å². The molecule has 2 unspecified atom stereocenters. The molecule has 0 radical (unpaired) electrons. The molecule has 1 saturated heterocycles. The lowest BCUT2D eigenvalue weighted by atomic mass is 9.95. The van der Waals surface area contributed by atoms with Crippen LogP contribution in [0.5, 0.6) is 0 Å². The van der Waals surface area contributed by atoms with E-state index in [1.165, 1.54) is 17.4 Å². The molecule has 1 aromatic rings. The van der Waals surface area contributed by atoms with Crippen LogP contribution in [0.2, 0.25) is 0 Å². The first kappa shape index (κ1) is 15.3. The molecule has 116 valence electrons. The van der Waals surface area contributed by atoms with Crippen molar-refractivity contribution in [3.8, 4) is 0 Å². The normalized spacial score (nSPS) is 23.6.